The van der Waals surface area contributed by atoms with Crippen LogP contribution in [-0.2, 0) is 9.59 Å². The van der Waals surface area contributed by atoms with Crippen molar-refractivity contribution in [2.24, 2.45) is 0 Å². The Morgan fingerprint density at radius 1 is 0.800 bits per heavy atom. The second-order valence-electron chi connectivity index (χ2n) is 3.86. The van der Waals surface area contributed by atoms with Crippen LogP contribution in [0, 0.1) is 0 Å². The van der Waals surface area contributed by atoms with Gasteiger partial charge in [-0.05, 0) is 12.1 Å². The van der Waals surface area contributed by atoms with Gasteiger partial charge in [-0.3, -0.25) is 0 Å². The Morgan fingerprint density at radius 3 is 1.55 bits per heavy atom. The maximum absolute atomic E-state index is 11.3. The van der Waals surface area contributed by atoms with E-state index >= 15 is 0 Å². The molecule has 0 saturated carbocycles. The molecule has 0 aliphatic rings. The van der Waals surface area contributed by atoms with Crippen LogP contribution in [0.3, 0.4) is 0 Å². The number of rotatable bonds is 4. The molecule has 0 spiro atoms. The average Bonchev–Trinajstić information content (AvgIpc) is 2.47. The molecule has 0 saturated heterocycles. The highest BCUT2D eigenvalue weighted by atomic mass is 16.5. The fourth-order valence-electron chi connectivity index (χ4n) is 1.73. The predicted molar refractivity (Wildman–Crippen MR) is 75.6 cm³/mol. The van der Waals surface area contributed by atoms with Crippen molar-refractivity contribution in [2.75, 3.05) is 0 Å². The van der Waals surface area contributed by atoms with Gasteiger partial charge in [0.2, 0.25) is 0 Å². The molecule has 2 aromatic carbocycles. The van der Waals surface area contributed by atoms with Gasteiger partial charge >= 0.3 is 11.9 Å². The van der Waals surface area contributed by atoms with Crippen LogP contribution in [0.5, 0.6) is 11.5 Å². The molecule has 0 bridgehead atoms. The Morgan fingerprint density at radius 2 is 1.20 bits per heavy atom. The molecule has 4 nitrogen and oxygen atoms in total. The zero-order chi connectivity index (χ0) is 14.5. The van der Waals surface area contributed by atoms with E-state index in [1.165, 1.54) is 0 Å². The minimum Gasteiger partial charge on any atom is -0.423 e. The second kappa shape index (κ2) is 5.84. The molecule has 0 aromatic heterocycles. The first-order valence-electron chi connectivity index (χ1n) is 5.86. The number of ether oxygens (including phenoxy) is 2. The molecule has 0 unspecified atom stereocenters. The van der Waals surface area contributed by atoms with Crippen LogP contribution < -0.4 is 9.47 Å². The SMILES string of the molecule is C=CC(=O)Oc1cccc2c(OC(=O)C=C)cccc12. The average molecular weight is 268 g/mol. The summed E-state index contributed by atoms with van der Waals surface area (Å²) in [5.41, 5.74) is 0. The highest BCUT2D eigenvalue weighted by Gasteiger charge is 2.10. The number of fused-ring (bicyclic) bond motifs is 1. The number of hydrogen-bond acceptors (Lipinski definition) is 4. The van der Waals surface area contributed by atoms with Gasteiger partial charge in [-0.15, -0.1) is 0 Å². The van der Waals surface area contributed by atoms with E-state index < -0.39 is 11.9 Å². The van der Waals surface area contributed by atoms with E-state index in [0.717, 1.165) is 12.2 Å². The van der Waals surface area contributed by atoms with Gasteiger partial charge in [0.05, 0.1) is 0 Å². The van der Waals surface area contributed by atoms with Gasteiger partial charge in [0, 0.05) is 22.9 Å². The molecule has 0 atom stereocenters. The van der Waals surface area contributed by atoms with Crippen molar-refractivity contribution in [1.29, 1.82) is 0 Å². The number of hydrogen-bond donors (Lipinski definition) is 0. The summed E-state index contributed by atoms with van der Waals surface area (Å²) < 4.78 is 10.3. The topological polar surface area (TPSA) is 52.6 Å². The normalized spacial score (nSPS) is 9.80. The van der Waals surface area contributed by atoms with Gasteiger partial charge in [-0.1, -0.05) is 37.4 Å². The zero-order valence-corrected chi connectivity index (χ0v) is 10.7. The summed E-state index contributed by atoms with van der Waals surface area (Å²) in [6, 6.07) is 10.3. The van der Waals surface area contributed by atoms with E-state index in [4.69, 9.17) is 9.47 Å². The number of carbonyl (C=O) groups excluding carboxylic acids is 2. The Labute approximate surface area is 115 Å². The Balaban J connectivity index is 2.51. The van der Waals surface area contributed by atoms with Gasteiger partial charge in [0.25, 0.3) is 0 Å². The molecule has 2 aromatic rings. The first-order chi connectivity index (χ1) is 9.65. The molecular formula is C16H12O4. The molecule has 100 valence electrons. The quantitative estimate of drug-likeness (QED) is 0.486. The van der Waals surface area contributed by atoms with Crippen molar-refractivity contribution in [2.45, 2.75) is 0 Å². The van der Waals surface area contributed by atoms with Crippen molar-refractivity contribution in [3.8, 4) is 11.5 Å². The summed E-state index contributed by atoms with van der Waals surface area (Å²) >= 11 is 0. The van der Waals surface area contributed by atoms with E-state index in [1.54, 1.807) is 36.4 Å². The smallest absolute Gasteiger partial charge is 0.335 e. The zero-order valence-electron chi connectivity index (χ0n) is 10.7. The monoisotopic (exact) mass is 268 g/mol. The molecule has 0 aliphatic carbocycles. The maximum Gasteiger partial charge on any atom is 0.335 e. The van der Waals surface area contributed by atoms with Crippen molar-refractivity contribution >= 4 is 22.7 Å². The van der Waals surface area contributed by atoms with Crippen LogP contribution in [-0.4, -0.2) is 11.9 Å². The molecule has 4 heteroatoms. The van der Waals surface area contributed by atoms with E-state index in [-0.39, 0.29) is 0 Å². The molecule has 0 radical (unpaired) electrons. The lowest BCUT2D eigenvalue weighted by atomic mass is 10.1. The number of benzene rings is 2. The van der Waals surface area contributed by atoms with Crippen molar-refractivity contribution < 1.29 is 19.1 Å². The molecule has 2 rings (SSSR count). The summed E-state index contributed by atoms with van der Waals surface area (Å²) in [7, 11) is 0. The van der Waals surface area contributed by atoms with Gasteiger partial charge in [-0.25, -0.2) is 9.59 Å². The van der Waals surface area contributed by atoms with Crippen LogP contribution in [0.2, 0.25) is 0 Å². The summed E-state index contributed by atoms with van der Waals surface area (Å²) in [5.74, 6) is -0.343. The standard InChI is InChI=1S/C16H12O4/c1-3-15(17)19-13-9-5-8-12-11(13)7-6-10-14(12)20-16(18)4-2/h3-10H,1-2H2. The van der Waals surface area contributed by atoms with E-state index in [0.29, 0.717) is 22.3 Å². The third-order valence-electron chi connectivity index (χ3n) is 2.60. The number of esters is 2. The van der Waals surface area contributed by atoms with Gasteiger partial charge in [0.1, 0.15) is 11.5 Å². The van der Waals surface area contributed by atoms with E-state index in [9.17, 15) is 9.59 Å². The van der Waals surface area contributed by atoms with E-state index in [1.807, 2.05) is 0 Å². The molecule has 20 heavy (non-hydrogen) atoms. The lowest BCUT2D eigenvalue weighted by Gasteiger charge is -2.09. The highest BCUT2D eigenvalue weighted by molar-refractivity contribution is 5.97. The van der Waals surface area contributed by atoms with Crippen molar-refractivity contribution in [3.05, 3.63) is 61.7 Å². The molecule has 0 amide bonds. The maximum atomic E-state index is 11.3. The second-order valence-corrected chi connectivity index (χ2v) is 3.86. The predicted octanol–water partition coefficient (Wildman–Crippen LogP) is 3.02. The highest BCUT2D eigenvalue weighted by Crippen LogP contribution is 2.32. The Hall–Kier alpha value is -2.88. The molecule has 0 heterocycles. The lowest BCUT2D eigenvalue weighted by molar-refractivity contribution is -0.129. The minimum absolute atomic E-state index is 0.379. The van der Waals surface area contributed by atoms with Crippen LogP contribution in [0.25, 0.3) is 10.8 Å². The van der Waals surface area contributed by atoms with Crippen LogP contribution in [0.1, 0.15) is 0 Å². The Kier molecular flexibility index (Phi) is 3.96. The van der Waals surface area contributed by atoms with Gasteiger partial charge in [0.15, 0.2) is 0 Å². The molecule has 0 fully saturated rings. The number of carbonyl (C=O) groups is 2. The minimum atomic E-state index is -0.550. The van der Waals surface area contributed by atoms with E-state index in [2.05, 4.69) is 13.2 Å². The first-order valence-corrected chi connectivity index (χ1v) is 5.86. The summed E-state index contributed by atoms with van der Waals surface area (Å²) in [6.07, 6.45) is 2.17. The molecule has 0 aliphatic heterocycles. The fraction of sp³-hybridized carbons (Fsp3) is 0. The third kappa shape index (κ3) is 2.75. The van der Waals surface area contributed by atoms with Crippen LogP contribution >= 0.6 is 0 Å². The van der Waals surface area contributed by atoms with Crippen LogP contribution in [0.4, 0.5) is 0 Å². The summed E-state index contributed by atoms with van der Waals surface area (Å²) in [6.45, 7) is 6.70. The van der Waals surface area contributed by atoms with Crippen molar-refractivity contribution in [3.63, 3.8) is 0 Å². The van der Waals surface area contributed by atoms with Gasteiger partial charge < -0.3 is 9.47 Å². The third-order valence-corrected chi connectivity index (χ3v) is 2.60. The van der Waals surface area contributed by atoms with Crippen molar-refractivity contribution in [1.82, 2.24) is 0 Å². The summed E-state index contributed by atoms with van der Waals surface area (Å²) in [5, 5.41) is 1.33. The Bertz CT molecular complexity index is 639. The summed E-state index contributed by atoms with van der Waals surface area (Å²) in [4.78, 5) is 22.6. The van der Waals surface area contributed by atoms with Crippen LogP contribution in [0.15, 0.2) is 61.7 Å². The van der Waals surface area contributed by atoms with Gasteiger partial charge in [-0.2, -0.15) is 0 Å². The molecule has 0 N–H and O–H groups in total. The fourth-order valence-corrected chi connectivity index (χ4v) is 1.73. The first kappa shape index (κ1) is 13.5. The lowest BCUT2D eigenvalue weighted by Crippen LogP contribution is -2.05. The molecular weight excluding hydrogens is 256 g/mol. The largest absolute Gasteiger partial charge is 0.423 e.